The Morgan fingerprint density at radius 1 is 0.824 bits per heavy atom. The minimum atomic E-state index is -1.20. The van der Waals surface area contributed by atoms with Gasteiger partial charge in [0, 0.05) is 5.92 Å². The molecule has 0 saturated heterocycles. The van der Waals surface area contributed by atoms with E-state index in [2.05, 4.69) is 55.4 Å². The van der Waals surface area contributed by atoms with Gasteiger partial charge in [-0.3, -0.25) is 0 Å². The molecule has 0 radical (unpaired) electrons. The first kappa shape index (κ1) is 29.1. The van der Waals surface area contributed by atoms with E-state index in [1.165, 1.54) is 6.92 Å². The van der Waals surface area contributed by atoms with Gasteiger partial charge in [-0.2, -0.15) is 0 Å². The summed E-state index contributed by atoms with van der Waals surface area (Å²) in [4.78, 5) is 25.3. The summed E-state index contributed by atoms with van der Waals surface area (Å²) in [6.07, 6.45) is 1.86. The Morgan fingerprint density at radius 3 is 1.91 bits per heavy atom. The van der Waals surface area contributed by atoms with E-state index in [4.69, 9.17) is 9.47 Å². The number of carbonyl (C=O) groups excluding carboxylic acids is 2. The zero-order valence-electron chi connectivity index (χ0n) is 23.0. The van der Waals surface area contributed by atoms with Gasteiger partial charge in [0.25, 0.3) is 0 Å². The van der Waals surface area contributed by atoms with Gasteiger partial charge in [0.1, 0.15) is 18.3 Å². The van der Waals surface area contributed by atoms with Gasteiger partial charge in [-0.1, -0.05) is 55.4 Å². The molecule has 0 amide bonds. The van der Waals surface area contributed by atoms with E-state index in [0.717, 1.165) is 25.7 Å². The normalized spacial score (nSPS) is 32.8. The lowest BCUT2D eigenvalue weighted by molar-refractivity contribution is -0.176. The molecule has 2 fully saturated rings. The number of carbonyl (C=O) groups is 2. The van der Waals surface area contributed by atoms with Crippen molar-refractivity contribution < 1.29 is 29.3 Å². The molecule has 2 N–H and O–H groups in total. The van der Waals surface area contributed by atoms with E-state index in [9.17, 15) is 19.8 Å². The molecule has 2 aliphatic rings. The van der Waals surface area contributed by atoms with Crippen LogP contribution in [0.3, 0.4) is 0 Å². The molecule has 1 unspecified atom stereocenters. The van der Waals surface area contributed by atoms with E-state index >= 15 is 0 Å². The van der Waals surface area contributed by atoms with Crippen LogP contribution in [0.25, 0.3) is 0 Å². The molecule has 0 aromatic carbocycles. The lowest BCUT2D eigenvalue weighted by atomic mass is 9.61. The predicted molar refractivity (Wildman–Crippen MR) is 133 cm³/mol. The molecule has 0 aromatic heterocycles. The molecule has 0 aliphatic heterocycles. The third-order valence-electron chi connectivity index (χ3n) is 8.23. The van der Waals surface area contributed by atoms with Crippen LogP contribution < -0.4 is 0 Å². The van der Waals surface area contributed by atoms with Crippen molar-refractivity contribution in [2.75, 3.05) is 0 Å². The fourth-order valence-electron chi connectivity index (χ4n) is 6.54. The Labute approximate surface area is 207 Å². The predicted octanol–water partition coefficient (Wildman–Crippen LogP) is 5.13. The average molecular weight is 483 g/mol. The van der Waals surface area contributed by atoms with Gasteiger partial charge in [-0.25, -0.2) is 9.59 Å². The Hall–Kier alpha value is -1.14. The highest BCUT2D eigenvalue weighted by Gasteiger charge is 2.46. The van der Waals surface area contributed by atoms with Crippen molar-refractivity contribution in [3.8, 4) is 0 Å². The van der Waals surface area contributed by atoms with E-state index in [-0.39, 0.29) is 47.2 Å². The van der Waals surface area contributed by atoms with Gasteiger partial charge >= 0.3 is 11.9 Å². The summed E-state index contributed by atoms with van der Waals surface area (Å²) in [6, 6.07) is 0. The molecular formula is C28H50O6. The van der Waals surface area contributed by atoms with Crippen LogP contribution in [-0.4, -0.2) is 46.6 Å². The number of ether oxygens (including phenoxy) is 2. The summed E-state index contributed by atoms with van der Waals surface area (Å²) in [5, 5.41) is 20.6. The summed E-state index contributed by atoms with van der Waals surface area (Å²) in [5.74, 6) is -0.230. The topological polar surface area (TPSA) is 93.1 Å². The molecule has 6 heteroatoms. The van der Waals surface area contributed by atoms with Crippen molar-refractivity contribution in [3.63, 3.8) is 0 Å². The van der Waals surface area contributed by atoms with E-state index in [0.29, 0.717) is 18.3 Å². The summed E-state index contributed by atoms with van der Waals surface area (Å²) in [7, 11) is 0. The zero-order valence-corrected chi connectivity index (χ0v) is 23.0. The van der Waals surface area contributed by atoms with Crippen molar-refractivity contribution in [3.05, 3.63) is 0 Å². The number of hydrogen-bond donors (Lipinski definition) is 2. The maximum atomic E-state index is 13.1. The van der Waals surface area contributed by atoms with Gasteiger partial charge in [-0.05, 0) is 80.0 Å². The van der Waals surface area contributed by atoms with Gasteiger partial charge in [0.15, 0.2) is 6.10 Å². The highest BCUT2D eigenvalue weighted by atomic mass is 16.6. The van der Waals surface area contributed by atoms with E-state index < -0.39 is 24.1 Å². The number of esters is 2. The molecule has 34 heavy (non-hydrogen) atoms. The summed E-state index contributed by atoms with van der Waals surface area (Å²) >= 11 is 0. The van der Waals surface area contributed by atoms with Gasteiger partial charge in [0.05, 0.1) is 0 Å². The Morgan fingerprint density at radius 2 is 1.38 bits per heavy atom. The third kappa shape index (κ3) is 7.68. The molecule has 0 spiro atoms. The number of aliphatic hydroxyl groups excluding tert-OH is 2. The molecule has 0 heterocycles. The second-order valence-electron chi connectivity index (χ2n) is 13.3. The van der Waals surface area contributed by atoms with Crippen molar-refractivity contribution in [2.45, 2.75) is 125 Å². The van der Waals surface area contributed by atoms with E-state index in [1.54, 1.807) is 0 Å². The number of aliphatic hydroxyl groups is 2. The van der Waals surface area contributed by atoms with Crippen molar-refractivity contribution >= 4 is 11.9 Å². The smallest absolute Gasteiger partial charge is 0.335 e. The van der Waals surface area contributed by atoms with Crippen molar-refractivity contribution in [2.24, 2.45) is 40.4 Å². The maximum absolute atomic E-state index is 13.1. The Kier molecular flexibility index (Phi) is 9.65. The molecule has 198 valence electrons. The fourth-order valence-corrected chi connectivity index (χ4v) is 6.54. The number of hydrogen-bond acceptors (Lipinski definition) is 6. The van der Waals surface area contributed by atoms with Crippen molar-refractivity contribution in [1.82, 2.24) is 0 Å². The van der Waals surface area contributed by atoms with Crippen LogP contribution in [0.5, 0.6) is 0 Å². The highest BCUT2D eigenvalue weighted by Crippen LogP contribution is 2.48. The standard InChI is InChI=1S/C28H50O6/c1-16(2)20-10-11-27(6,7)14-22(20)33-26(32)21(30)12-19-13-28(8,9)15-23(24(19)17(3)4)34-25(31)18(5)29/h16-24,29-30H,10-15H2,1-9H3/t18-,19?,20-,21-,22+,23-,24-/m0/s1. The third-order valence-corrected chi connectivity index (χ3v) is 8.23. The molecule has 2 rings (SSSR count). The minimum absolute atomic E-state index is 0.00166. The van der Waals surface area contributed by atoms with E-state index in [1.807, 2.05) is 0 Å². The van der Waals surface area contributed by atoms with Crippen LogP contribution in [-0.2, 0) is 19.1 Å². The van der Waals surface area contributed by atoms with Crippen LogP contribution in [0.1, 0.15) is 101 Å². The van der Waals surface area contributed by atoms with Crippen LogP contribution in [0, 0.1) is 40.4 Å². The molecule has 2 aliphatic carbocycles. The lowest BCUT2D eigenvalue weighted by Gasteiger charge is -2.47. The molecule has 7 atom stereocenters. The largest absolute Gasteiger partial charge is 0.460 e. The Bertz CT molecular complexity index is 695. The average Bonchev–Trinajstić information content (AvgIpc) is 2.65. The number of rotatable bonds is 8. The first-order chi connectivity index (χ1) is 15.5. The molecule has 0 aromatic rings. The molecule has 0 bridgehead atoms. The lowest BCUT2D eigenvalue weighted by Crippen LogP contribution is -2.47. The monoisotopic (exact) mass is 482 g/mol. The first-order valence-corrected chi connectivity index (χ1v) is 13.3. The van der Waals surface area contributed by atoms with Gasteiger partial charge < -0.3 is 19.7 Å². The maximum Gasteiger partial charge on any atom is 0.335 e. The summed E-state index contributed by atoms with van der Waals surface area (Å²) < 4.78 is 11.7. The second-order valence-corrected chi connectivity index (χ2v) is 13.3. The SMILES string of the molecule is CC(C)[C@H]1C(C[C@H](O)C(=O)O[C@@H]2CC(C)(C)CC[C@H]2C(C)C)CC(C)(C)C[C@@H]1OC(=O)[C@H](C)O. The zero-order chi connectivity index (χ0) is 26.0. The van der Waals surface area contributed by atoms with Crippen LogP contribution in [0.4, 0.5) is 0 Å². The quantitative estimate of drug-likeness (QED) is 0.466. The molecule has 6 nitrogen and oxygen atoms in total. The minimum Gasteiger partial charge on any atom is -0.460 e. The second kappa shape index (κ2) is 11.3. The van der Waals surface area contributed by atoms with Crippen molar-refractivity contribution in [1.29, 1.82) is 0 Å². The van der Waals surface area contributed by atoms with Crippen LogP contribution in [0.2, 0.25) is 0 Å². The van der Waals surface area contributed by atoms with Crippen LogP contribution in [0.15, 0.2) is 0 Å². The Balaban J connectivity index is 2.15. The van der Waals surface area contributed by atoms with Gasteiger partial charge in [0.2, 0.25) is 0 Å². The van der Waals surface area contributed by atoms with Gasteiger partial charge in [-0.15, -0.1) is 0 Å². The first-order valence-electron chi connectivity index (χ1n) is 13.3. The summed E-state index contributed by atoms with van der Waals surface area (Å²) in [5.41, 5.74) is 0.0117. The highest BCUT2D eigenvalue weighted by molar-refractivity contribution is 5.75. The molecular weight excluding hydrogens is 432 g/mol. The van der Waals surface area contributed by atoms with Crippen LogP contribution >= 0.6 is 0 Å². The summed E-state index contributed by atoms with van der Waals surface area (Å²) in [6.45, 7) is 18.6. The molecule has 2 saturated carbocycles. The fraction of sp³-hybridized carbons (Fsp3) is 0.929.